The first-order valence-electron chi connectivity index (χ1n) is 10.0. The molecule has 8 heteroatoms. The van der Waals surface area contributed by atoms with Crippen molar-refractivity contribution in [3.05, 3.63) is 64.1 Å². The van der Waals surface area contributed by atoms with Crippen molar-refractivity contribution in [2.45, 2.75) is 43.3 Å². The molecule has 3 rings (SSSR count). The van der Waals surface area contributed by atoms with Gasteiger partial charge in [0.1, 0.15) is 6.04 Å². The molecule has 0 spiro atoms. The summed E-state index contributed by atoms with van der Waals surface area (Å²) in [6.45, 7) is 1.56. The van der Waals surface area contributed by atoms with Crippen molar-refractivity contribution in [3.63, 3.8) is 0 Å². The summed E-state index contributed by atoms with van der Waals surface area (Å²) in [6.07, 6.45) is 2.12. The van der Waals surface area contributed by atoms with E-state index >= 15 is 0 Å². The summed E-state index contributed by atoms with van der Waals surface area (Å²) in [7, 11) is 0.294. The van der Waals surface area contributed by atoms with Gasteiger partial charge in [0.25, 0.3) is 0 Å². The second-order valence-corrected chi connectivity index (χ2v) is 10.7. The van der Waals surface area contributed by atoms with Crippen LogP contribution in [0.2, 0.25) is 0 Å². The standard InChI is InChI=1S/C22H28BrN3O3S/c1-25(2)16-18-7-5-6-17(14-18)15-24-22(27)21-8-3-4-13-26(21)30(28,29)20-11-9-19(23)10-12-20/h5-7,9-12,14,21H,3-4,8,13,15-16H2,1-2H3,(H,24,27)/t21-/m1/s1. The van der Waals surface area contributed by atoms with Crippen LogP contribution in [0.3, 0.4) is 0 Å². The molecular weight excluding hydrogens is 466 g/mol. The van der Waals surface area contributed by atoms with Crippen LogP contribution in [0.25, 0.3) is 0 Å². The fraction of sp³-hybridized carbons (Fsp3) is 0.409. The molecule has 6 nitrogen and oxygen atoms in total. The average molecular weight is 494 g/mol. The van der Waals surface area contributed by atoms with Gasteiger partial charge in [-0.1, -0.05) is 46.6 Å². The van der Waals surface area contributed by atoms with E-state index in [1.165, 1.54) is 9.87 Å². The van der Waals surface area contributed by atoms with Gasteiger partial charge in [-0.2, -0.15) is 4.31 Å². The highest BCUT2D eigenvalue weighted by Gasteiger charge is 2.37. The summed E-state index contributed by atoms with van der Waals surface area (Å²) in [5, 5.41) is 2.95. The van der Waals surface area contributed by atoms with Crippen LogP contribution in [0.5, 0.6) is 0 Å². The molecule has 0 aromatic heterocycles. The molecule has 1 fully saturated rings. The van der Waals surface area contributed by atoms with Gasteiger partial charge in [0, 0.05) is 24.1 Å². The molecular formula is C22H28BrN3O3S. The molecule has 0 unspecified atom stereocenters. The van der Waals surface area contributed by atoms with Gasteiger partial charge in [-0.05, 0) is 62.3 Å². The van der Waals surface area contributed by atoms with E-state index < -0.39 is 16.1 Å². The van der Waals surface area contributed by atoms with Crippen LogP contribution in [0.15, 0.2) is 57.9 Å². The first-order chi connectivity index (χ1) is 14.3. The number of sulfonamides is 1. The number of carbonyl (C=O) groups is 1. The van der Waals surface area contributed by atoms with Gasteiger partial charge in [-0.3, -0.25) is 4.79 Å². The van der Waals surface area contributed by atoms with Crippen LogP contribution >= 0.6 is 15.9 Å². The number of amides is 1. The number of halogens is 1. The van der Waals surface area contributed by atoms with Crippen molar-refractivity contribution in [1.82, 2.24) is 14.5 Å². The molecule has 162 valence electrons. The molecule has 2 aromatic rings. The van der Waals surface area contributed by atoms with Crippen molar-refractivity contribution in [2.24, 2.45) is 0 Å². The summed E-state index contributed by atoms with van der Waals surface area (Å²) < 4.78 is 28.5. The monoisotopic (exact) mass is 493 g/mol. The minimum absolute atomic E-state index is 0.210. The van der Waals surface area contributed by atoms with Gasteiger partial charge < -0.3 is 10.2 Å². The summed E-state index contributed by atoms with van der Waals surface area (Å²) in [5.74, 6) is -0.242. The molecule has 1 heterocycles. The van der Waals surface area contributed by atoms with Gasteiger partial charge >= 0.3 is 0 Å². The number of hydrogen-bond donors (Lipinski definition) is 1. The highest BCUT2D eigenvalue weighted by atomic mass is 79.9. The van der Waals surface area contributed by atoms with Gasteiger partial charge in [-0.25, -0.2) is 8.42 Å². The second-order valence-electron chi connectivity index (χ2n) is 7.86. The number of benzene rings is 2. The zero-order valence-electron chi connectivity index (χ0n) is 17.3. The lowest BCUT2D eigenvalue weighted by atomic mass is 10.0. The molecule has 1 atom stereocenters. The summed E-state index contributed by atoms with van der Waals surface area (Å²) in [5.41, 5.74) is 2.17. The summed E-state index contributed by atoms with van der Waals surface area (Å²) in [4.78, 5) is 15.2. The third kappa shape index (κ3) is 5.69. The largest absolute Gasteiger partial charge is 0.351 e. The molecule has 30 heavy (non-hydrogen) atoms. The van der Waals surface area contributed by atoms with Gasteiger partial charge in [0.05, 0.1) is 4.90 Å². The Hall–Kier alpha value is -1.74. The fourth-order valence-electron chi connectivity index (χ4n) is 3.71. The first-order valence-corrected chi connectivity index (χ1v) is 12.3. The van der Waals surface area contributed by atoms with Crippen LogP contribution in [0.1, 0.15) is 30.4 Å². The molecule has 1 saturated heterocycles. The van der Waals surface area contributed by atoms with Crippen molar-refractivity contribution < 1.29 is 13.2 Å². The maximum Gasteiger partial charge on any atom is 0.243 e. The van der Waals surface area contributed by atoms with E-state index in [1.807, 2.05) is 26.2 Å². The van der Waals surface area contributed by atoms with Crippen molar-refractivity contribution in [1.29, 1.82) is 0 Å². The van der Waals surface area contributed by atoms with E-state index in [0.717, 1.165) is 29.4 Å². The van der Waals surface area contributed by atoms with E-state index in [4.69, 9.17) is 0 Å². The first kappa shape index (κ1) is 22.9. The van der Waals surface area contributed by atoms with E-state index in [2.05, 4.69) is 38.3 Å². The molecule has 0 bridgehead atoms. The van der Waals surface area contributed by atoms with Crippen molar-refractivity contribution in [3.8, 4) is 0 Å². The third-order valence-corrected chi connectivity index (χ3v) is 7.58. The lowest BCUT2D eigenvalue weighted by Gasteiger charge is -2.33. The van der Waals surface area contributed by atoms with E-state index in [1.54, 1.807) is 24.3 Å². The van der Waals surface area contributed by atoms with Crippen molar-refractivity contribution >= 4 is 31.9 Å². The zero-order chi connectivity index (χ0) is 21.7. The molecule has 1 N–H and O–H groups in total. The molecule has 0 aliphatic carbocycles. The maximum atomic E-state index is 13.2. The topological polar surface area (TPSA) is 69.7 Å². The Balaban J connectivity index is 1.71. The smallest absolute Gasteiger partial charge is 0.243 e. The molecule has 0 saturated carbocycles. The molecule has 1 amide bonds. The highest BCUT2D eigenvalue weighted by Crippen LogP contribution is 2.26. The number of nitrogens with zero attached hydrogens (tertiary/aromatic N) is 2. The maximum absolute atomic E-state index is 13.2. The summed E-state index contributed by atoms with van der Waals surface area (Å²) >= 11 is 3.33. The highest BCUT2D eigenvalue weighted by molar-refractivity contribution is 9.10. The van der Waals surface area contributed by atoms with Crippen LogP contribution in [-0.4, -0.2) is 50.2 Å². The number of hydrogen-bond acceptors (Lipinski definition) is 4. The Morgan fingerprint density at radius 2 is 1.83 bits per heavy atom. The Morgan fingerprint density at radius 3 is 2.53 bits per heavy atom. The number of carbonyl (C=O) groups excluding carboxylic acids is 1. The van der Waals surface area contributed by atoms with Gasteiger partial charge in [-0.15, -0.1) is 0 Å². The fourth-order valence-corrected chi connectivity index (χ4v) is 5.63. The van der Waals surface area contributed by atoms with Crippen LogP contribution in [0.4, 0.5) is 0 Å². The minimum atomic E-state index is -3.73. The Morgan fingerprint density at radius 1 is 1.13 bits per heavy atom. The van der Waals surface area contributed by atoms with E-state index in [-0.39, 0.29) is 10.8 Å². The minimum Gasteiger partial charge on any atom is -0.351 e. The van der Waals surface area contributed by atoms with Crippen LogP contribution in [0, 0.1) is 0 Å². The van der Waals surface area contributed by atoms with Gasteiger partial charge in [0.2, 0.25) is 15.9 Å². The number of nitrogens with one attached hydrogen (secondary N) is 1. The number of rotatable bonds is 7. The second kappa shape index (κ2) is 10.0. The molecule has 0 radical (unpaired) electrons. The SMILES string of the molecule is CN(C)Cc1cccc(CNC(=O)[C@H]2CCCCN2S(=O)(=O)c2ccc(Br)cc2)c1. The van der Waals surface area contributed by atoms with E-state index in [9.17, 15) is 13.2 Å². The number of piperidine rings is 1. The Bertz CT molecular complexity index is 977. The van der Waals surface area contributed by atoms with Crippen LogP contribution < -0.4 is 5.32 Å². The average Bonchev–Trinajstić information content (AvgIpc) is 2.72. The quantitative estimate of drug-likeness (QED) is 0.641. The molecule has 2 aromatic carbocycles. The molecule has 1 aliphatic rings. The Labute approximate surface area is 187 Å². The zero-order valence-corrected chi connectivity index (χ0v) is 19.7. The summed E-state index contributed by atoms with van der Waals surface area (Å²) in [6, 6.07) is 13.9. The Kier molecular flexibility index (Phi) is 7.68. The lowest BCUT2D eigenvalue weighted by molar-refractivity contribution is -0.125. The van der Waals surface area contributed by atoms with Crippen molar-refractivity contribution in [2.75, 3.05) is 20.6 Å². The predicted octanol–water partition coefficient (Wildman–Crippen LogP) is 3.37. The van der Waals surface area contributed by atoms with Crippen LogP contribution in [-0.2, 0) is 27.9 Å². The van der Waals surface area contributed by atoms with E-state index in [0.29, 0.717) is 19.5 Å². The van der Waals surface area contributed by atoms with Gasteiger partial charge in [0.15, 0.2) is 0 Å². The molecule has 1 aliphatic heterocycles. The predicted molar refractivity (Wildman–Crippen MR) is 121 cm³/mol. The normalized spacial score (nSPS) is 17.8. The third-order valence-electron chi connectivity index (χ3n) is 5.13. The lowest BCUT2D eigenvalue weighted by Crippen LogP contribution is -2.51.